The summed E-state index contributed by atoms with van der Waals surface area (Å²) in [7, 11) is -3.78. The average molecular weight is 765 g/mol. The van der Waals surface area contributed by atoms with Crippen molar-refractivity contribution in [2.24, 2.45) is 17.6 Å². The van der Waals surface area contributed by atoms with Crippen molar-refractivity contribution in [2.75, 3.05) is 40.0 Å². The Hall–Kier alpha value is -2.99. The van der Waals surface area contributed by atoms with Crippen molar-refractivity contribution in [3.63, 3.8) is 0 Å². The summed E-state index contributed by atoms with van der Waals surface area (Å²) in [4.78, 5) is 44.6. The fourth-order valence-corrected chi connectivity index (χ4v) is 7.52. The van der Waals surface area contributed by atoms with Gasteiger partial charge in [0.05, 0.1) is 12.7 Å². The van der Waals surface area contributed by atoms with Crippen LogP contribution in [0.2, 0.25) is 0 Å². The van der Waals surface area contributed by atoms with Gasteiger partial charge in [-0.15, -0.1) is 0 Å². The number of amides is 3. The van der Waals surface area contributed by atoms with Gasteiger partial charge >= 0.3 is 10.4 Å². The molecule has 11 atom stereocenters. The largest absolute Gasteiger partial charge is 0.397 e. The number of rotatable bonds is 15. The van der Waals surface area contributed by atoms with Gasteiger partial charge < -0.3 is 60.8 Å². The first-order valence-corrected chi connectivity index (χ1v) is 18.6. The SMILES string of the molecule is COC(COS(=O)(=O)O)C(=O)NC(C(=O)N1[C@H](C(=O)NCCC2=CCN(C(=N)N)C2)C[C@@H]2CC[C@@H](O[C@@H]3O[C@H](CO)[C@@H](O)[C@H](O)[C@H]3O)C[C@@H]21)C(C)C. The summed E-state index contributed by atoms with van der Waals surface area (Å²) in [5, 5.41) is 53.8. The first-order chi connectivity index (χ1) is 24.4. The van der Waals surface area contributed by atoms with E-state index in [-0.39, 0.29) is 24.8 Å². The minimum absolute atomic E-state index is 0.0543. The van der Waals surface area contributed by atoms with E-state index in [1.165, 1.54) is 4.90 Å². The maximum absolute atomic E-state index is 14.5. The summed E-state index contributed by atoms with van der Waals surface area (Å²) >= 11 is 0. The first-order valence-electron chi connectivity index (χ1n) is 17.2. The van der Waals surface area contributed by atoms with Crippen molar-refractivity contribution in [3.8, 4) is 0 Å². The van der Waals surface area contributed by atoms with Crippen molar-refractivity contribution in [1.82, 2.24) is 20.4 Å². The molecule has 4 rings (SSSR count). The zero-order valence-electron chi connectivity index (χ0n) is 29.4. The van der Waals surface area contributed by atoms with E-state index in [1.54, 1.807) is 18.7 Å². The van der Waals surface area contributed by atoms with E-state index >= 15 is 0 Å². The van der Waals surface area contributed by atoms with Crippen molar-refractivity contribution in [2.45, 2.75) is 107 Å². The lowest BCUT2D eigenvalue weighted by atomic mass is 9.82. The summed E-state index contributed by atoms with van der Waals surface area (Å²) in [6.07, 6.45) is -5.72. The molecule has 1 saturated carbocycles. The zero-order chi connectivity index (χ0) is 38.5. The van der Waals surface area contributed by atoms with Crippen molar-refractivity contribution in [1.29, 1.82) is 5.41 Å². The number of aliphatic hydroxyl groups is 4. The fourth-order valence-electron chi connectivity index (χ4n) is 7.22. The van der Waals surface area contributed by atoms with Gasteiger partial charge in [-0.1, -0.05) is 25.5 Å². The molecule has 21 heteroatoms. The molecule has 2 saturated heterocycles. The van der Waals surface area contributed by atoms with Crippen LogP contribution in [0.1, 0.15) is 46.0 Å². The van der Waals surface area contributed by atoms with Crippen LogP contribution in [0.3, 0.4) is 0 Å². The van der Waals surface area contributed by atoms with Crippen molar-refractivity contribution < 1.29 is 66.2 Å². The van der Waals surface area contributed by atoms with Crippen LogP contribution in [-0.2, 0) is 43.2 Å². The molecule has 1 aliphatic carbocycles. The Balaban J connectivity index is 1.53. The van der Waals surface area contributed by atoms with Gasteiger partial charge in [-0.25, -0.2) is 4.18 Å². The van der Waals surface area contributed by atoms with Gasteiger partial charge in [-0.3, -0.25) is 24.3 Å². The molecule has 0 aromatic carbocycles. The van der Waals surface area contributed by atoms with Crippen LogP contribution < -0.4 is 16.4 Å². The number of guanidine groups is 1. The standard InChI is InChI=1S/C31H52N6O14S/c1-15(2)23(35-28(43)22(48-3)14-49-52(45,46)47)29(44)37-19-11-18(50-30-26(41)25(40)24(39)21(13-38)51-30)5-4-17(19)10-20(37)27(42)34-8-6-16-7-9-36(12-16)31(32)33/h7,15,17-26,30,38-41H,4-6,8-14H2,1-3H3,(H3,32,33)(H,34,42)(H,35,43)(H,45,46,47)/t17-,18+,19-,20-,21+,22?,23?,24+,25-,26+,30+/m0/s1. The number of nitrogens with zero attached hydrogens (tertiary/aromatic N) is 2. The molecule has 3 amide bonds. The smallest absolute Gasteiger partial charge is 0.394 e. The maximum atomic E-state index is 14.5. The van der Waals surface area contributed by atoms with Crippen LogP contribution >= 0.6 is 0 Å². The molecule has 3 aliphatic heterocycles. The normalized spacial score (nSPS) is 31.9. The Morgan fingerprint density at radius 1 is 1.13 bits per heavy atom. The van der Waals surface area contributed by atoms with Crippen LogP contribution in [0.25, 0.3) is 0 Å². The van der Waals surface area contributed by atoms with Gasteiger partial charge in [-0.05, 0) is 43.9 Å². The number of likely N-dealkylation sites (tertiary alicyclic amines) is 1. The highest BCUT2D eigenvalue weighted by atomic mass is 32.3. The average Bonchev–Trinajstić information content (AvgIpc) is 3.72. The molecular formula is C31H52N6O14S. The Labute approximate surface area is 302 Å². The van der Waals surface area contributed by atoms with E-state index < -0.39 is 108 Å². The van der Waals surface area contributed by atoms with E-state index in [9.17, 15) is 43.2 Å². The molecule has 3 heterocycles. The third-order valence-electron chi connectivity index (χ3n) is 10.1. The Morgan fingerprint density at radius 3 is 2.44 bits per heavy atom. The summed E-state index contributed by atoms with van der Waals surface area (Å²) in [6.45, 7) is 3.05. The molecule has 0 bridgehead atoms. The molecule has 0 spiro atoms. The number of fused-ring (bicyclic) bond motifs is 1. The Kier molecular flexibility index (Phi) is 14.4. The molecule has 296 valence electrons. The number of ether oxygens (including phenoxy) is 3. The molecular weight excluding hydrogens is 712 g/mol. The summed E-state index contributed by atoms with van der Waals surface area (Å²) in [5.41, 5.74) is 6.57. The predicted octanol–water partition coefficient (Wildman–Crippen LogP) is -3.44. The van der Waals surface area contributed by atoms with Gasteiger partial charge in [0, 0.05) is 32.8 Å². The fraction of sp³-hybridized carbons (Fsp3) is 0.806. The van der Waals surface area contributed by atoms with Crippen molar-refractivity contribution >= 4 is 34.1 Å². The van der Waals surface area contributed by atoms with E-state index in [0.29, 0.717) is 38.8 Å². The highest BCUT2D eigenvalue weighted by molar-refractivity contribution is 7.80. The number of methoxy groups -OCH3 is 1. The highest BCUT2D eigenvalue weighted by Gasteiger charge is 2.52. The molecule has 10 N–H and O–H groups in total. The topological polar surface area (TPSA) is 304 Å². The summed E-state index contributed by atoms with van der Waals surface area (Å²) in [6, 6.07) is -2.73. The van der Waals surface area contributed by atoms with Gasteiger partial charge in [0.25, 0.3) is 5.91 Å². The van der Waals surface area contributed by atoms with Gasteiger partial charge in [-0.2, -0.15) is 8.42 Å². The maximum Gasteiger partial charge on any atom is 0.397 e. The second-order valence-corrected chi connectivity index (χ2v) is 15.0. The minimum Gasteiger partial charge on any atom is -0.394 e. The molecule has 20 nitrogen and oxygen atoms in total. The lowest BCUT2D eigenvalue weighted by Gasteiger charge is -2.43. The van der Waals surface area contributed by atoms with Gasteiger partial charge in [0.1, 0.15) is 43.1 Å². The van der Waals surface area contributed by atoms with Crippen LogP contribution in [0.5, 0.6) is 0 Å². The molecule has 52 heavy (non-hydrogen) atoms. The van der Waals surface area contributed by atoms with Crippen LogP contribution in [-0.4, -0.2) is 168 Å². The summed E-state index contributed by atoms with van der Waals surface area (Å²) < 4.78 is 52.1. The highest BCUT2D eigenvalue weighted by Crippen LogP contribution is 2.42. The summed E-state index contributed by atoms with van der Waals surface area (Å²) in [5.74, 6) is -2.64. The lowest BCUT2D eigenvalue weighted by Crippen LogP contribution is -2.61. The number of carbonyl (C=O) groups excluding carboxylic acids is 3. The lowest BCUT2D eigenvalue weighted by molar-refractivity contribution is -0.314. The molecule has 4 aliphatic rings. The minimum atomic E-state index is -4.89. The second-order valence-electron chi connectivity index (χ2n) is 13.9. The van der Waals surface area contributed by atoms with E-state index in [2.05, 4.69) is 14.8 Å². The van der Waals surface area contributed by atoms with Crippen LogP contribution in [0, 0.1) is 17.2 Å². The predicted molar refractivity (Wildman–Crippen MR) is 179 cm³/mol. The first kappa shape index (κ1) is 41.8. The monoisotopic (exact) mass is 764 g/mol. The third-order valence-corrected chi connectivity index (χ3v) is 10.5. The van der Waals surface area contributed by atoms with E-state index in [0.717, 1.165) is 12.7 Å². The number of nitrogens with one attached hydrogen (secondary N) is 3. The second kappa shape index (κ2) is 17.9. The molecule has 0 radical (unpaired) electrons. The molecule has 0 aromatic rings. The van der Waals surface area contributed by atoms with Crippen LogP contribution in [0.4, 0.5) is 0 Å². The molecule has 3 fully saturated rings. The number of carbonyl (C=O) groups is 3. The third kappa shape index (κ3) is 10.2. The van der Waals surface area contributed by atoms with Crippen molar-refractivity contribution in [3.05, 3.63) is 11.6 Å². The molecule has 2 unspecified atom stereocenters. The number of aliphatic hydroxyl groups excluding tert-OH is 4. The number of hydrogen-bond donors (Lipinski definition) is 9. The van der Waals surface area contributed by atoms with E-state index in [1.807, 2.05) is 6.08 Å². The zero-order valence-corrected chi connectivity index (χ0v) is 30.2. The van der Waals surface area contributed by atoms with Crippen LogP contribution in [0.15, 0.2) is 11.6 Å². The Morgan fingerprint density at radius 2 is 1.85 bits per heavy atom. The van der Waals surface area contributed by atoms with E-state index in [4.69, 9.17) is 29.9 Å². The van der Waals surface area contributed by atoms with Gasteiger partial charge in [0.2, 0.25) is 11.8 Å². The Bertz CT molecular complexity index is 1430. The number of hydrogen-bond acceptors (Lipinski definition) is 14. The molecule has 0 aromatic heterocycles. The van der Waals surface area contributed by atoms with Gasteiger partial charge in [0.15, 0.2) is 18.4 Å². The quantitative estimate of drug-likeness (QED) is 0.0339. The number of nitrogens with two attached hydrogens (primary N) is 1.